The summed E-state index contributed by atoms with van der Waals surface area (Å²) < 4.78 is 0. The van der Waals surface area contributed by atoms with E-state index in [1.807, 2.05) is 0 Å². The van der Waals surface area contributed by atoms with Crippen LogP contribution in [0.1, 0.15) is 19.8 Å². The quantitative estimate of drug-likeness (QED) is 0.607. The van der Waals surface area contributed by atoms with E-state index in [1.54, 1.807) is 0 Å². The standard InChI is InChI=1S/C8H16N2O/c1-2-6-5-7(6)8(11)10-4-3-9/h6-7H,2-5,9H2,1H3,(H,10,11)/t6-,7-/m1/s1. The van der Waals surface area contributed by atoms with Crippen molar-refractivity contribution in [3.63, 3.8) is 0 Å². The summed E-state index contributed by atoms with van der Waals surface area (Å²) in [6, 6.07) is 0. The van der Waals surface area contributed by atoms with Crippen LogP contribution in [0.25, 0.3) is 0 Å². The monoisotopic (exact) mass is 156 g/mol. The Bertz CT molecular complexity index is 147. The third-order valence-corrected chi connectivity index (χ3v) is 2.23. The summed E-state index contributed by atoms with van der Waals surface area (Å²) in [5.74, 6) is 1.14. The fraction of sp³-hybridized carbons (Fsp3) is 0.875. The predicted molar refractivity (Wildman–Crippen MR) is 44.0 cm³/mol. The molecule has 64 valence electrons. The molecule has 1 aliphatic carbocycles. The van der Waals surface area contributed by atoms with Crippen LogP contribution in [0.15, 0.2) is 0 Å². The van der Waals surface area contributed by atoms with Crippen LogP contribution in [0.3, 0.4) is 0 Å². The molecular formula is C8H16N2O. The zero-order valence-corrected chi connectivity index (χ0v) is 6.97. The Labute approximate surface area is 67.3 Å². The molecule has 1 amide bonds. The molecule has 0 saturated heterocycles. The molecule has 1 fully saturated rings. The first-order valence-electron chi connectivity index (χ1n) is 4.27. The molecule has 0 unspecified atom stereocenters. The van der Waals surface area contributed by atoms with Gasteiger partial charge in [-0.1, -0.05) is 13.3 Å². The molecule has 0 aromatic carbocycles. The van der Waals surface area contributed by atoms with E-state index in [0.717, 1.165) is 12.8 Å². The van der Waals surface area contributed by atoms with E-state index >= 15 is 0 Å². The van der Waals surface area contributed by atoms with Crippen molar-refractivity contribution < 1.29 is 4.79 Å². The Morgan fingerprint density at radius 3 is 2.91 bits per heavy atom. The molecule has 1 saturated carbocycles. The van der Waals surface area contributed by atoms with Crippen LogP contribution in [0, 0.1) is 11.8 Å². The molecule has 0 spiro atoms. The Morgan fingerprint density at radius 2 is 2.45 bits per heavy atom. The van der Waals surface area contributed by atoms with Gasteiger partial charge in [-0.2, -0.15) is 0 Å². The fourth-order valence-electron chi connectivity index (χ4n) is 1.35. The number of hydrogen-bond donors (Lipinski definition) is 2. The number of nitrogens with one attached hydrogen (secondary N) is 1. The van der Waals surface area contributed by atoms with Crippen LogP contribution in [0.4, 0.5) is 0 Å². The summed E-state index contributed by atoms with van der Waals surface area (Å²) in [7, 11) is 0. The van der Waals surface area contributed by atoms with E-state index in [1.165, 1.54) is 0 Å². The second-order valence-electron chi connectivity index (χ2n) is 3.09. The number of amides is 1. The van der Waals surface area contributed by atoms with Crippen LogP contribution in [-0.4, -0.2) is 19.0 Å². The molecule has 0 aromatic heterocycles. The zero-order valence-electron chi connectivity index (χ0n) is 6.97. The largest absolute Gasteiger partial charge is 0.355 e. The number of hydrogen-bond acceptors (Lipinski definition) is 2. The van der Waals surface area contributed by atoms with Crippen molar-refractivity contribution >= 4 is 5.91 Å². The molecular weight excluding hydrogens is 140 g/mol. The maximum Gasteiger partial charge on any atom is 0.223 e. The van der Waals surface area contributed by atoms with Crippen molar-refractivity contribution in [3.05, 3.63) is 0 Å². The Hall–Kier alpha value is -0.570. The van der Waals surface area contributed by atoms with Crippen LogP contribution in [0.2, 0.25) is 0 Å². The maximum absolute atomic E-state index is 11.2. The lowest BCUT2D eigenvalue weighted by atomic mass is 10.2. The number of nitrogens with two attached hydrogens (primary N) is 1. The molecule has 0 bridgehead atoms. The summed E-state index contributed by atoms with van der Waals surface area (Å²) in [5.41, 5.74) is 5.25. The van der Waals surface area contributed by atoms with E-state index in [0.29, 0.717) is 24.9 Å². The predicted octanol–water partition coefficient (Wildman–Crippen LogP) is 0.107. The van der Waals surface area contributed by atoms with Gasteiger partial charge in [0.25, 0.3) is 0 Å². The highest BCUT2D eigenvalue weighted by Crippen LogP contribution is 2.40. The van der Waals surface area contributed by atoms with Gasteiger partial charge in [0.2, 0.25) is 5.91 Å². The average molecular weight is 156 g/mol. The number of carbonyl (C=O) groups excluding carboxylic acids is 1. The van der Waals surface area contributed by atoms with Gasteiger partial charge in [-0.3, -0.25) is 4.79 Å². The second kappa shape index (κ2) is 3.72. The minimum Gasteiger partial charge on any atom is -0.355 e. The average Bonchev–Trinajstić information content (AvgIpc) is 2.78. The minimum atomic E-state index is 0.197. The van der Waals surface area contributed by atoms with Gasteiger partial charge in [0.15, 0.2) is 0 Å². The van der Waals surface area contributed by atoms with Gasteiger partial charge in [0.1, 0.15) is 0 Å². The van der Waals surface area contributed by atoms with E-state index in [-0.39, 0.29) is 5.91 Å². The van der Waals surface area contributed by atoms with Gasteiger partial charge in [0.05, 0.1) is 0 Å². The zero-order chi connectivity index (χ0) is 8.27. The lowest BCUT2D eigenvalue weighted by molar-refractivity contribution is -0.122. The summed E-state index contributed by atoms with van der Waals surface area (Å²) in [6.07, 6.45) is 2.20. The molecule has 3 heteroatoms. The molecule has 3 nitrogen and oxygen atoms in total. The SMILES string of the molecule is CC[C@@H]1C[C@H]1C(=O)NCCN. The molecule has 0 radical (unpaired) electrons. The number of rotatable bonds is 4. The molecule has 0 heterocycles. The van der Waals surface area contributed by atoms with Gasteiger partial charge in [-0.05, 0) is 12.3 Å². The molecule has 2 atom stereocenters. The lowest BCUT2D eigenvalue weighted by Gasteiger charge is -2.00. The smallest absolute Gasteiger partial charge is 0.223 e. The first-order chi connectivity index (χ1) is 5.29. The van der Waals surface area contributed by atoms with Gasteiger partial charge in [-0.25, -0.2) is 0 Å². The van der Waals surface area contributed by atoms with Crippen molar-refractivity contribution in [1.82, 2.24) is 5.32 Å². The summed E-state index contributed by atoms with van der Waals surface area (Å²) in [4.78, 5) is 11.2. The summed E-state index contributed by atoms with van der Waals surface area (Å²) in [6.45, 7) is 3.28. The molecule has 1 rings (SSSR count). The first-order valence-corrected chi connectivity index (χ1v) is 4.27. The highest BCUT2D eigenvalue weighted by atomic mass is 16.2. The Balaban J connectivity index is 2.12. The summed E-state index contributed by atoms with van der Waals surface area (Å²) >= 11 is 0. The Kier molecular flexibility index (Phi) is 2.88. The molecule has 1 aliphatic rings. The topological polar surface area (TPSA) is 55.1 Å². The van der Waals surface area contributed by atoms with Gasteiger partial charge >= 0.3 is 0 Å². The first kappa shape index (κ1) is 8.53. The van der Waals surface area contributed by atoms with Crippen LogP contribution >= 0.6 is 0 Å². The van der Waals surface area contributed by atoms with Crippen molar-refractivity contribution in [1.29, 1.82) is 0 Å². The van der Waals surface area contributed by atoms with Crippen molar-refractivity contribution in [3.8, 4) is 0 Å². The van der Waals surface area contributed by atoms with E-state index in [4.69, 9.17) is 5.73 Å². The van der Waals surface area contributed by atoms with Crippen LogP contribution in [0.5, 0.6) is 0 Å². The molecule has 0 aliphatic heterocycles. The van der Waals surface area contributed by atoms with E-state index in [2.05, 4.69) is 12.2 Å². The normalized spacial score (nSPS) is 28.2. The second-order valence-corrected chi connectivity index (χ2v) is 3.09. The minimum absolute atomic E-state index is 0.197. The van der Waals surface area contributed by atoms with E-state index < -0.39 is 0 Å². The maximum atomic E-state index is 11.2. The van der Waals surface area contributed by atoms with Crippen molar-refractivity contribution in [2.45, 2.75) is 19.8 Å². The molecule has 11 heavy (non-hydrogen) atoms. The molecule has 0 aromatic rings. The van der Waals surface area contributed by atoms with Gasteiger partial charge in [-0.15, -0.1) is 0 Å². The highest BCUT2D eigenvalue weighted by molar-refractivity contribution is 5.81. The van der Waals surface area contributed by atoms with E-state index in [9.17, 15) is 4.79 Å². The third-order valence-electron chi connectivity index (χ3n) is 2.23. The number of carbonyl (C=O) groups is 1. The van der Waals surface area contributed by atoms with Crippen molar-refractivity contribution in [2.75, 3.05) is 13.1 Å². The molecule has 3 N–H and O–H groups in total. The van der Waals surface area contributed by atoms with Gasteiger partial charge < -0.3 is 11.1 Å². The summed E-state index contributed by atoms with van der Waals surface area (Å²) in [5, 5.41) is 2.79. The van der Waals surface area contributed by atoms with Crippen LogP contribution in [-0.2, 0) is 4.79 Å². The third kappa shape index (κ3) is 2.19. The highest BCUT2D eigenvalue weighted by Gasteiger charge is 2.40. The van der Waals surface area contributed by atoms with Crippen molar-refractivity contribution in [2.24, 2.45) is 17.6 Å². The Morgan fingerprint density at radius 1 is 1.73 bits per heavy atom. The fourth-order valence-corrected chi connectivity index (χ4v) is 1.35. The lowest BCUT2D eigenvalue weighted by Crippen LogP contribution is -2.30. The van der Waals surface area contributed by atoms with Crippen LogP contribution < -0.4 is 11.1 Å². The van der Waals surface area contributed by atoms with Gasteiger partial charge in [0, 0.05) is 19.0 Å².